The van der Waals surface area contributed by atoms with E-state index in [9.17, 15) is 4.79 Å². The molecule has 0 fully saturated rings. The molecule has 0 aliphatic rings. The summed E-state index contributed by atoms with van der Waals surface area (Å²) in [7, 11) is 1.96. The first-order valence-corrected chi connectivity index (χ1v) is 6.89. The summed E-state index contributed by atoms with van der Waals surface area (Å²) in [6, 6.07) is 13.7. The lowest BCUT2D eigenvalue weighted by molar-refractivity contribution is -0.115. The highest BCUT2D eigenvalue weighted by Crippen LogP contribution is 2.16. The fourth-order valence-corrected chi connectivity index (χ4v) is 2.38. The third-order valence-corrected chi connectivity index (χ3v) is 3.57. The van der Waals surface area contributed by atoms with Crippen molar-refractivity contribution >= 4 is 22.6 Å². The number of para-hydroxylation sites is 1. The maximum Gasteiger partial charge on any atom is 0.228 e. The van der Waals surface area contributed by atoms with Gasteiger partial charge in [0.15, 0.2) is 0 Å². The van der Waals surface area contributed by atoms with Crippen molar-refractivity contribution in [3.8, 4) is 0 Å². The second kappa shape index (κ2) is 5.40. The van der Waals surface area contributed by atoms with E-state index >= 15 is 0 Å². The number of nitrogens with one attached hydrogen (secondary N) is 1. The first-order valence-electron chi connectivity index (χ1n) is 6.89. The largest absolute Gasteiger partial charge is 0.334 e. The fraction of sp³-hybridized carbons (Fsp3) is 0.176. The van der Waals surface area contributed by atoms with Crippen LogP contribution in [0.3, 0.4) is 0 Å². The van der Waals surface area contributed by atoms with Gasteiger partial charge in [0.1, 0.15) is 0 Å². The summed E-state index contributed by atoms with van der Waals surface area (Å²) < 4.78 is 1.96. The summed E-state index contributed by atoms with van der Waals surface area (Å²) in [6.07, 6.45) is 2.13. The number of carbonyl (C=O) groups is 1. The third kappa shape index (κ3) is 2.79. The van der Waals surface area contributed by atoms with Gasteiger partial charge in [-0.3, -0.25) is 4.79 Å². The Morgan fingerprint density at radius 3 is 2.86 bits per heavy atom. The predicted octanol–water partition coefficient (Wildman–Crippen LogP) is 3.06. The lowest BCUT2D eigenvalue weighted by Gasteiger charge is -2.08. The summed E-state index contributed by atoms with van der Waals surface area (Å²) in [5, 5.41) is 2.95. The molecular weight excluding hydrogens is 262 g/mol. The van der Waals surface area contributed by atoms with Crippen molar-refractivity contribution in [2.75, 3.05) is 5.32 Å². The van der Waals surface area contributed by atoms with Gasteiger partial charge in [0.05, 0.1) is 23.8 Å². The van der Waals surface area contributed by atoms with Gasteiger partial charge < -0.3 is 9.88 Å². The van der Waals surface area contributed by atoms with E-state index in [0.29, 0.717) is 6.42 Å². The molecule has 0 unspecified atom stereocenters. The van der Waals surface area contributed by atoms with Gasteiger partial charge in [0.25, 0.3) is 0 Å². The van der Waals surface area contributed by atoms with Crippen molar-refractivity contribution in [1.29, 1.82) is 0 Å². The van der Waals surface area contributed by atoms with E-state index in [0.717, 1.165) is 27.8 Å². The first kappa shape index (κ1) is 13.4. The van der Waals surface area contributed by atoms with Crippen molar-refractivity contribution in [3.63, 3.8) is 0 Å². The normalized spacial score (nSPS) is 10.8. The van der Waals surface area contributed by atoms with E-state index in [2.05, 4.69) is 10.3 Å². The number of rotatable bonds is 3. The molecule has 1 amide bonds. The maximum absolute atomic E-state index is 12.1. The average Bonchev–Trinajstić information content (AvgIpc) is 2.82. The molecule has 3 aromatic rings. The summed E-state index contributed by atoms with van der Waals surface area (Å²) in [6.45, 7) is 1.98. The van der Waals surface area contributed by atoms with Gasteiger partial charge in [0, 0.05) is 12.7 Å². The molecule has 0 spiro atoms. The van der Waals surface area contributed by atoms with Crippen molar-refractivity contribution < 1.29 is 4.79 Å². The van der Waals surface area contributed by atoms with Crippen LogP contribution in [-0.4, -0.2) is 15.5 Å². The lowest BCUT2D eigenvalue weighted by Crippen LogP contribution is -2.15. The number of carbonyl (C=O) groups excluding carboxylic acids is 1. The maximum atomic E-state index is 12.1. The van der Waals surface area contributed by atoms with Crippen LogP contribution in [0.1, 0.15) is 11.1 Å². The fourth-order valence-electron chi connectivity index (χ4n) is 2.38. The van der Waals surface area contributed by atoms with Gasteiger partial charge in [-0.25, -0.2) is 4.98 Å². The molecule has 1 heterocycles. The second-order valence-electron chi connectivity index (χ2n) is 5.22. The SMILES string of the molecule is Cc1ccccc1NC(=O)Cc1ccc2c(c1)ncn2C. The van der Waals surface area contributed by atoms with E-state index < -0.39 is 0 Å². The standard InChI is InChI=1S/C17H17N3O/c1-12-5-3-4-6-14(12)19-17(21)10-13-7-8-16-15(9-13)18-11-20(16)2/h3-9,11H,10H2,1-2H3,(H,19,21). The minimum atomic E-state index is -0.0143. The van der Waals surface area contributed by atoms with Gasteiger partial charge in [-0.15, -0.1) is 0 Å². The van der Waals surface area contributed by atoms with Crippen LogP contribution in [0.2, 0.25) is 0 Å². The molecule has 0 aliphatic heterocycles. The first-order chi connectivity index (χ1) is 10.1. The zero-order valence-corrected chi connectivity index (χ0v) is 12.1. The van der Waals surface area contributed by atoms with Gasteiger partial charge >= 0.3 is 0 Å². The Morgan fingerprint density at radius 2 is 2.05 bits per heavy atom. The smallest absolute Gasteiger partial charge is 0.228 e. The van der Waals surface area contributed by atoms with Crippen molar-refractivity contribution in [2.24, 2.45) is 7.05 Å². The van der Waals surface area contributed by atoms with Crippen LogP contribution in [0.5, 0.6) is 0 Å². The number of imidazole rings is 1. The number of benzene rings is 2. The Bertz CT molecular complexity index is 805. The molecule has 1 aromatic heterocycles. The van der Waals surface area contributed by atoms with Gasteiger partial charge in [-0.05, 0) is 36.2 Å². The van der Waals surface area contributed by atoms with Gasteiger partial charge in [-0.1, -0.05) is 24.3 Å². The number of fused-ring (bicyclic) bond motifs is 1. The van der Waals surface area contributed by atoms with Crippen molar-refractivity contribution in [1.82, 2.24) is 9.55 Å². The quantitative estimate of drug-likeness (QED) is 0.801. The minimum Gasteiger partial charge on any atom is -0.334 e. The van der Waals surface area contributed by atoms with Crippen molar-refractivity contribution in [2.45, 2.75) is 13.3 Å². The highest BCUT2D eigenvalue weighted by molar-refractivity contribution is 5.93. The average molecular weight is 279 g/mol. The highest BCUT2D eigenvalue weighted by Gasteiger charge is 2.07. The highest BCUT2D eigenvalue weighted by atomic mass is 16.1. The summed E-state index contributed by atoms with van der Waals surface area (Å²) >= 11 is 0. The molecule has 0 bridgehead atoms. The minimum absolute atomic E-state index is 0.0143. The number of hydrogen-bond acceptors (Lipinski definition) is 2. The van der Waals surface area contributed by atoms with Crippen molar-refractivity contribution in [3.05, 3.63) is 59.9 Å². The number of aromatic nitrogens is 2. The summed E-state index contributed by atoms with van der Waals surface area (Å²) in [5.41, 5.74) is 4.87. The van der Waals surface area contributed by atoms with E-state index in [-0.39, 0.29) is 5.91 Å². The molecule has 0 atom stereocenters. The van der Waals surface area contributed by atoms with Crippen LogP contribution in [0.25, 0.3) is 11.0 Å². The zero-order chi connectivity index (χ0) is 14.8. The van der Waals surface area contributed by atoms with Crippen LogP contribution >= 0.6 is 0 Å². The van der Waals surface area contributed by atoms with E-state index in [4.69, 9.17) is 0 Å². The van der Waals surface area contributed by atoms with E-state index in [1.807, 2.05) is 61.0 Å². The Balaban J connectivity index is 1.75. The summed E-state index contributed by atoms with van der Waals surface area (Å²) in [4.78, 5) is 16.5. The number of hydrogen-bond donors (Lipinski definition) is 1. The molecule has 106 valence electrons. The number of amides is 1. The van der Waals surface area contributed by atoms with E-state index in [1.54, 1.807) is 6.33 Å². The van der Waals surface area contributed by atoms with Crippen LogP contribution in [0.15, 0.2) is 48.8 Å². The monoisotopic (exact) mass is 279 g/mol. The Morgan fingerprint density at radius 1 is 1.24 bits per heavy atom. The second-order valence-corrected chi connectivity index (χ2v) is 5.22. The van der Waals surface area contributed by atoms with Crippen LogP contribution < -0.4 is 5.32 Å². The number of aryl methyl sites for hydroxylation is 2. The third-order valence-electron chi connectivity index (χ3n) is 3.57. The Hall–Kier alpha value is -2.62. The molecular formula is C17H17N3O. The van der Waals surface area contributed by atoms with Crippen LogP contribution in [0.4, 0.5) is 5.69 Å². The van der Waals surface area contributed by atoms with E-state index in [1.165, 1.54) is 0 Å². The van der Waals surface area contributed by atoms with Crippen LogP contribution in [0, 0.1) is 6.92 Å². The molecule has 0 radical (unpaired) electrons. The molecule has 0 saturated heterocycles. The molecule has 21 heavy (non-hydrogen) atoms. The topological polar surface area (TPSA) is 46.9 Å². The molecule has 3 rings (SSSR count). The van der Waals surface area contributed by atoms with Crippen LogP contribution in [-0.2, 0) is 18.3 Å². The van der Waals surface area contributed by atoms with Gasteiger partial charge in [-0.2, -0.15) is 0 Å². The Labute approximate surface area is 123 Å². The molecule has 0 saturated carbocycles. The Kier molecular flexibility index (Phi) is 3.44. The number of anilines is 1. The van der Waals surface area contributed by atoms with Gasteiger partial charge in [0.2, 0.25) is 5.91 Å². The summed E-state index contributed by atoms with van der Waals surface area (Å²) in [5.74, 6) is -0.0143. The molecule has 4 nitrogen and oxygen atoms in total. The molecule has 1 N–H and O–H groups in total. The lowest BCUT2D eigenvalue weighted by atomic mass is 10.1. The predicted molar refractivity (Wildman–Crippen MR) is 84.2 cm³/mol. The number of nitrogens with zero attached hydrogens (tertiary/aromatic N) is 2. The molecule has 0 aliphatic carbocycles. The molecule has 4 heteroatoms. The molecule has 2 aromatic carbocycles. The zero-order valence-electron chi connectivity index (χ0n) is 12.1.